The number of ether oxygens (including phenoxy) is 1. The Labute approximate surface area is 177 Å². The first-order valence-corrected chi connectivity index (χ1v) is 11.1. The monoisotopic (exact) mass is 417 g/mol. The summed E-state index contributed by atoms with van der Waals surface area (Å²) in [6.45, 7) is 7.60. The first-order chi connectivity index (χ1) is 14.4. The molecule has 3 atom stereocenters. The van der Waals surface area contributed by atoms with Crippen LogP contribution in [0.25, 0.3) is 11.0 Å². The lowest BCUT2D eigenvalue weighted by Gasteiger charge is -2.36. The molecule has 1 aliphatic rings. The van der Waals surface area contributed by atoms with Crippen molar-refractivity contribution in [1.82, 2.24) is 9.13 Å². The summed E-state index contributed by atoms with van der Waals surface area (Å²) in [5.74, 6) is 1.52. The smallest absolute Gasteiger partial charge is 0.336 e. The fourth-order valence-electron chi connectivity index (χ4n) is 4.79. The third kappa shape index (κ3) is 4.47. The number of nitrogens with two attached hydrogens (primary N) is 1. The van der Waals surface area contributed by atoms with Crippen molar-refractivity contribution in [2.45, 2.75) is 53.0 Å². The molecule has 7 nitrogen and oxygen atoms in total. The summed E-state index contributed by atoms with van der Waals surface area (Å²) < 4.78 is 8.61. The molecule has 0 aliphatic heterocycles. The van der Waals surface area contributed by atoms with E-state index in [9.17, 15) is 9.59 Å². The predicted octanol–water partition coefficient (Wildman–Crippen LogP) is 2.87. The van der Waals surface area contributed by atoms with Crippen LogP contribution in [0.15, 0.2) is 23.0 Å². The van der Waals surface area contributed by atoms with Gasteiger partial charge in [-0.1, -0.05) is 27.2 Å². The van der Waals surface area contributed by atoms with Crippen LogP contribution in [0, 0.1) is 23.7 Å². The summed E-state index contributed by atoms with van der Waals surface area (Å²) in [5, 5.41) is 8.95. The normalized spacial score (nSPS) is 22.0. The zero-order valence-corrected chi connectivity index (χ0v) is 18.3. The summed E-state index contributed by atoms with van der Waals surface area (Å²) in [5.41, 5.74) is 6.69. The fraction of sp³-hybridized carbons (Fsp3) is 0.652. The molecule has 0 saturated heterocycles. The Hall–Kier alpha value is -2.12. The van der Waals surface area contributed by atoms with Gasteiger partial charge in [0.05, 0.1) is 17.6 Å². The van der Waals surface area contributed by atoms with Gasteiger partial charge >= 0.3 is 5.69 Å². The van der Waals surface area contributed by atoms with E-state index >= 15 is 0 Å². The Morgan fingerprint density at radius 2 is 2.07 bits per heavy atom. The average molecular weight is 418 g/mol. The largest absolute Gasteiger partial charge is 0.493 e. The maximum absolute atomic E-state index is 13.7. The molecule has 1 fully saturated rings. The molecule has 1 heterocycles. The molecule has 1 aromatic carbocycles. The van der Waals surface area contributed by atoms with Crippen molar-refractivity contribution in [3.63, 3.8) is 0 Å². The first-order valence-electron chi connectivity index (χ1n) is 11.1. The molecule has 0 amide bonds. The quantitative estimate of drug-likeness (QED) is 0.644. The van der Waals surface area contributed by atoms with E-state index in [1.54, 1.807) is 22.8 Å². The highest BCUT2D eigenvalue weighted by molar-refractivity contribution is 5.92. The van der Waals surface area contributed by atoms with E-state index in [2.05, 4.69) is 20.8 Å². The topological polar surface area (TPSA) is 99.5 Å². The van der Waals surface area contributed by atoms with Crippen LogP contribution in [0.5, 0.6) is 5.75 Å². The second-order valence-electron chi connectivity index (χ2n) is 8.91. The third-order valence-corrected chi connectivity index (χ3v) is 6.38. The third-order valence-electron chi connectivity index (χ3n) is 6.38. The molecule has 1 aliphatic carbocycles. The molecule has 0 unspecified atom stereocenters. The minimum Gasteiger partial charge on any atom is -0.493 e. The molecule has 30 heavy (non-hydrogen) atoms. The number of nitrogens with zero attached hydrogens (tertiary/aromatic N) is 2. The predicted molar refractivity (Wildman–Crippen MR) is 118 cm³/mol. The van der Waals surface area contributed by atoms with Gasteiger partial charge < -0.3 is 15.6 Å². The summed E-state index contributed by atoms with van der Waals surface area (Å²) in [7, 11) is 0. The molecule has 2 aromatic rings. The molecular formula is C23H35N3O4. The summed E-state index contributed by atoms with van der Waals surface area (Å²) in [4.78, 5) is 26.9. The number of aromatic nitrogens is 2. The Morgan fingerprint density at radius 3 is 2.73 bits per heavy atom. The molecule has 3 rings (SSSR count). The van der Waals surface area contributed by atoms with Gasteiger partial charge in [0.25, 0.3) is 0 Å². The number of aliphatic hydroxyl groups is 1. The maximum Gasteiger partial charge on any atom is 0.336 e. The SMILES string of the molecule is CC(C)[C@@H]1CC[C@@H](C)C[C@H]1C(=O)n1c(=O)n(CCN)c2cc(OCCCO)ccc21. The zero-order valence-electron chi connectivity index (χ0n) is 18.3. The lowest BCUT2D eigenvalue weighted by molar-refractivity contribution is 0.0633. The van der Waals surface area contributed by atoms with Gasteiger partial charge in [-0.2, -0.15) is 0 Å². The Morgan fingerprint density at radius 1 is 1.30 bits per heavy atom. The van der Waals surface area contributed by atoms with Crippen LogP contribution >= 0.6 is 0 Å². The number of hydrogen-bond acceptors (Lipinski definition) is 5. The van der Waals surface area contributed by atoms with Crippen molar-refractivity contribution >= 4 is 16.9 Å². The zero-order chi connectivity index (χ0) is 21.8. The van der Waals surface area contributed by atoms with Crippen molar-refractivity contribution in [2.24, 2.45) is 29.4 Å². The molecule has 7 heteroatoms. The molecule has 1 saturated carbocycles. The fourth-order valence-corrected chi connectivity index (χ4v) is 4.79. The van der Waals surface area contributed by atoms with Crippen LogP contribution in [0.4, 0.5) is 0 Å². The van der Waals surface area contributed by atoms with E-state index < -0.39 is 0 Å². The number of aliphatic hydroxyl groups excluding tert-OH is 1. The number of rotatable bonds is 8. The molecule has 0 radical (unpaired) electrons. The van der Waals surface area contributed by atoms with Crippen molar-refractivity contribution in [3.05, 3.63) is 28.7 Å². The molecule has 0 spiro atoms. The molecule has 0 bridgehead atoms. The van der Waals surface area contributed by atoms with Gasteiger partial charge in [-0.3, -0.25) is 9.36 Å². The molecular weight excluding hydrogens is 382 g/mol. The highest BCUT2D eigenvalue weighted by Gasteiger charge is 2.37. The van der Waals surface area contributed by atoms with Gasteiger partial charge in [0.1, 0.15) is 5.75 Å². The Kier molecular flexibility index (Phi) is 7.36. The van der Waals surface area contributed by atoms with Crippen LogP contribution in [-0.4, -0.2) is 39.9 Å². The Balaban J connectivity index is 2.05. The van der Waals surface area contributed by atoms with Crippen LogP contribution in [0.2, 0.25) is 0 Å². The van der Waals surface area contributed by atoms with Gasteiger partial charge in [-0.25, -0.2) is 9.36 Å². The van der Waals surface area contributed by atoms with Gasteiger partial charge in [-0.15, -0.1) is 0 Å². The number of imidazole rings is 1. The second-order valence-corrected chi connectivity index (χ2v) is 8.91. The number of fused-ring (bicyclic) bond motifs is 1. The number of hydrogen-bond donors (Lipinski definition) is 2. The van der Waals surface area contributed by atoms with Crippen LogP contribution in [-0.2, 0) is 6.54 Å². The molecule has 3 N–H and O–H groups in total. The van der Waals surface area contributed by atoms with E-state index in [0.29, 0.717) is 54.7 Å². The lowest BCUT2D eigenvalue weighted by Crippen LogP contribution is -2.40. The van der Waals surface area contributed by atoms with Crippen molar-refractivity contribution in [2.75, 3.05) is 19.8 Å². The van der Waals surface area contributed by atoms with Crippen LogP contribution < -0.4 is 16.2 Å². The number of carbonyl (C=O) groups is 1. The summed E-state index contributed by atoms with van der Waals surface area (Å²) >= 11 is 0. The van der Waals surface area contributed by atoms with Crippen molar-refractivity contribution in [3.8, 4) is 5.75 Å². The standard InChI is InChI=1S/C23H35N3O4/c1-15(2)18-7-5-16(3)13-19(18)22(28)26-20-8-6-17(30-12-4-11-27)14-21(20)25(10-9-24)23(26)29/h6,8,14-16,18-19,27H,4-5,7,9-13,24H2,1-3H3/t16-,18+,19-/m1/s1. The van der Waals surface area contributed by atoms with Crippen molar-refractivity contribution in [1.29, 1.82) is 0 Å². The lowest BCUT2D eigenvalue weighted by atomic mass is 9.69. The summed E-state index contributed by atoms with van der Waals surface area (Å²) in [6, 6.07) is 5.35. The minimum absolute atomic E-state index is 0.0574. The van der Waals surface area contributed by atoms with Gasteiger partial charge in [-0.05, 0) is 42.7 Å². The van der Waals surface area contributed by atoms with E-state index in [1.165, 1.54) is 4.57 Å². The summed E-state index contributed by atoms with van der Waals surface area (Å²) in [6.07, 6.45) is 3.50. The van der Waals surface area contributed by atoms with E-state index in [4.69, 9.17) is 15.6 Å². The van der Waals surface area contributed by atoms with Crippen LogP contribution in [0.1, 0.15) is 51.2 Å². The average Bonchev–Trinajstić information content (AvgIpc) is 2.99. The maximum atomic E-state index is 13.7. The molecule has 1 aromatic heterocycles. The van der Waals surface area contributed by atoms with E-state index in [1.807, 2.05) is 0 Å². The van der Waals surface area contributed by atoms with Crippen molar-refractivity contribution < 1.29 is 14.6 Å². The Bertz CT molecular complexity index is 930. The molecule has 166 valence electrons. The highest BCUT2D eigenvalue weighted by atomic mass is 16.5. The number of carbonyl (C=O) groups excluding carboxylic acids is 1. The number of benzene rings is 1. The second kappa shape index (κ2) is 9.79. The van der Waals surface area contributed by atoms with Crippen LogP contribution in [0.3, 0.4) is 0 Å². The van der Waals surface area contributed by atoms with E-state index in [0.717, 1.165) is 19.3 Å². The van der Waals surface area contributed by atoms with E-state index in [-0.39, 0.29) is 30.0 Å². The minimum atomic E-state index is -0.325. The van der Waals surface area contributed by atoms with Gasteiger partial charge in [0.2, 0.25) is 5.91 Å². The van der Waals surface area contributed by atoms with Gasteiger partial charge in [0, 0.05) is 38.1 Å². The first kappa shape index (κ1) is 22.6. The highest BCUT2D eigenvalue weighted by Crippen LogP contribution is 2.39. The van der Waals surface area contributed by atoms with Gasteiger partial charge in [0.15, 0.2) is 0 Å².